The van der Waals surface area contributed by atoms with Crippen LogP contribution < -0.4 is 0 Å². The molecule has 1 fully saturated rings. The molecular formula is C10H13NO2. The first kappa shape index (κ1) is 8.63. The van der Waals surface area contributed by atoms with E-state index >= 15 is 0 Å². The Morgan fingerprint density at radius 2 is 2.38 bits per heavy atom. The molecule has 0 aromatic heterocycles. The summed E-state index contributed by atoms with van der Waals surface area (Å²) in [4.78, 5) is 15.8. The van der Waals surface area contributed by atoms with Crippen LogP contribution in [0.15, 0.2) is 16.6 Å². The number of hydrogen-bond acceptors (Lipinski definition) is 3. The molecule has 1 aliphatic carbocycles. The predicted octanol–water partition coefficient (Wildman–Crippen LogP) is 1.48. The lowest BCUT2D eigenvalue weighted by molar-refractivity contribution is -0.115. The maximum atomic E-state index is 11.4. The lowest BCUT2D eigenvalue weighted by Gasteiger charge is -2.22. The first-order valence-electron chi connectivity index (χ1n) is 4.64. The van der Waals surface area contributed by atoms with Gasteiger partial charge in [0.15, 0.2) is 12.0 Å². The Balaban J connectivity index is 2.23. The number of carbonyl (C=O) groups excluding carboxylic acids is 1. The van der Waals surface area contributed by atoms with E-state index in [1.165, 1.54) is 0 Å². The molecule has 1 saturated carbocycles. The van der Waals surface area contributed by atoms with E-state index < -0.39 is 0 Å². The number of ketones is 1. The standard InChI is InChI=1S/C10H13NO2/c1-13-10-6-5-7-8(11-10)3-2-4-9(7)12/h5,10H,2-4,6H2,1H3. The average Bonchev–Trinajstić information content (AvgIpc) is 2.18. The van der Waals surface area contributed by atoms with Crippen molar-refractivity contribution in [3.05, 3.63) is 11.6 Å². The number of methoxy groups -OCH3 is 1. The molecule has 1 atom stereocenters. The van der Waals surface area contributed by atoms with Gasteiger partial charge in [-0.3, -0.25) is 9.79 Å². The highest BCUT2D eigenvalue weighted by Gasteiger charge is 2.25. The number of rotatable bonds is 1. The summed E-state index contributed by atoms with van der Waals surface area (Å²) in [7, 11) is 1.65. The van der Waals surface area contributed by atoms with Crippen molar-refractivity contribution in [2.24, 2.45) is 4.99 Å². The van der Waals surface area contributed by atoms with Crippen molar-refractivity contribution in [2.45, 2.75) is 31.9 Å². The van der Waals surface area contributed by atoms with Gasteiger partial charge in [-0.1, -0.05) is 6.08 Å². The minimum absolute atomic E-state index is 0.0651. The molecule has 0 saturated heterocycles. The van der Waals surface area contributed by atoms with E-state index in [2.05, 4.69) is 4.99 Å². The Morgan fingerprint density at radius 3 is 3.15 bits per heavy atom. The third kappa shape index (κ3) is 1.56. The van der Waals surface area contributed by atoms with Crippen LogP contribution >= 0.6 is 0 Å². The van der Waals surface area contributed by atoms with Gasteiger partial charge in [0.25, 0.3) is 0 Å². The van der Waals surface area contributed by atoms with Gasteiger partial charge in [-0.05, 0) is 12.8 Å². The zero-order valence-electron chi connectivity index (χ0n) is 7.75. The van der Waals surface area contributed by atoms with E-state index in [9.17, 15) is 4.79 Å². The molecule has 2 rings (SSSR count). The van der Waals surface area contributed by atoms with E-state index in [1.54, 1.807) is 7.11 Å². The molecule has 0 N–H and O–H groups in total. The highest BCUT2D eigenvalue weighted by atomic mass is 16.5. The molecule has 0 aromatic carbocycles. The van der Waals surface area contributed by atoms with Crippen LogP contribution in [-0.2, 0) is 9.53 Å². The van der Waals surface area contributed by atoms with Crippen molar-refractivity contribution in [2.75, 3.05) is 7.11 Å². The first-order valence-corrected chi connectivity index (χ1v) is 4.64. The topological polar surface area (TPSA) is 38.7 Å². The summed E-state index contributed by atoms with van der Waals surface area (Å²) in [5.74, 6) is 0.250. The fourth-order valence-corrected chi connectivity index (χ4v) is 1.81. The fourth-order valence-electron chi connectivity index (χ4n) is 1.81. The van der Waals surface area contributed by atoms with Crippen molar-refractivity contribution in [3.8, 4) is 0 Å². The SMILES string of the molecule is COC1CC=C2C(=O)CCCC2=N1. The second-order valence-corrected chi connectivity index (χ2v) is 3.40. The fraction of sp³-hybridized carbons (Fsp3) is 0.600. The molecule has 1 unspecified atom stereocenters. The largest absolute Gasteiger partial charge is 0.359 e. The summed E-state index contributed by atoms with van der Waals surface area (Å²) >= 11 is 0. The van der Waals surface area contributed by atoms with Gasteiger partial charge in [0.05, 0.1) is 0 Å². The monoisotopic (exact) mass is 179 g/mol. The van der Waals surface area contributed by atoms with Crippen LogP contribution in [0.4, 0.5) is 0 Å². The van der Waals surface area contributed by atoms with Crippen molar-refractivity contribution < 1.29 is 9.53 Å². The molecule has 3 heteroatoms. The number of allylic oxidation sites excluding steroid dienone is 1. The molecule has 70 valence electrons. The Morgan fingerprint density at radius 1 is 1.54 bits per heavy atom. The van der Waals surface area contributed by atoms with Crippen LogP contribution in [0.25, 0.3) is 0 Å². The van der Waals surface area contributed by atoms with E-state index in [4.69, 9.17) is 4.74 Å². The van der Waals surface area contributed by atoms with Gasteiger partial charge in [-0.15, -0.1) is 0 Å². The van der Waals surface area contributed by atoms with Gasteiger partial charge in [0.2, 0.25) is 0 Å². The molecule has 1 aliphatic heterocycles. The van der Waals surface area contributed by atoms with E-state index in [0.29, 0.717) is 6.42 Å². The van der Waals surface area contributed by atoms with Gasteiger partial charge in [-0.25, -0.2) is 0 Å². The Labute approximate surface area is 77.5 Å². The van der Waals surface area contributed by atoms with E-state index in [0.717, 1.165) is 30.5 Å². The summed E-state index contributed by atoms with van der Waals surface area (Å²) in [6.45, 7) is 0. The first-order chi connectivity index (χ1) is 6.31. The van der Waals surface area contributed by atoms with Crippen LogP contribution in [0.2, 0.25) is 0 Å². The summed E-state index contributed by atoms with van der Waals surface area (Å²) in [5, 5.41) is 0. The van der Waals surface area contributed by atoms with Crippen molar-refractivity contribution in [3.63, 3.8) is 0 Å². The van der Waals surface area contributed by atoms with E-state index in [-0.39, 0.29) is 12.0 Å². The van der Waals surface area contributed by atoms with Crippen LogP contribution in [0, 0.1) is 0 Å². The zero-order valence-corrected chi connectivity index (χ0v) is 7.75. The second kappa shape index (κ2) is 3.42. The Hall–Kier alpha value is -0.960. The minimum atomic E-state index is -0.0651. The number of hydrogen-bond donors (Lipinski definition) is 0. The van der Waals surface area contributed by atoms with Gasteiger partial charge >= 0.3 is 0 Å². The minimum Gasteiger partial charge on any atom is -0.359 e. The highest BCUT2D eigenvalue weighted by molar-refractivity contribution is 6.24. The molecule has 0 spiro atoms. The van der Waals surface area contributed by atoms with Crippen LogP contribution in [0.5, 0.6) is 0 Å². The van der Waals surface area contributed by atoms with Gasteiger partial charge < -0.3 is 4.74 Å². The second-order valence-electron chi connectivity index (χ2n) is 3.40. The number of carbonyl (C=O) groups is 1. The summed E-state index contributed by atoms with van der Waals surface area (Å²) in [6, 6.07) is 0. The third-order valence-corrected chi connectivity index (χ3v) is 2.52. The predicted molar refractivity (Wildman–Crippen MR) is 49.8 cm³/mol. The molecule has 3 nitrogen and oxygen atoms in total. The summed E-state index contributed by atoms with van der Waals surface area (Å²) in [6.07, 6.45) is 5.19. The van der Waals surface area contributed by atoms with Crippen molar-refractivity contribution >= 4 is 11.5 Å². The number of ether oxygens (including phenoxy) is 1. The maximum absolute atomic E-state index is 11.4. The highest BCUT2D eigenvalue weighted by Crippen LogP contribution is 2.23. The molecule has 0 radical (unpaired) electrons. The number of fused-ring (bicyclic) bond motifs is 1. The van der Waals surface area contributed by atoms with E-state index in [1.807, 2.05) is 6.08 Å². The van der Waals surface area contributed by atoms with Gasteiger partial charge in [0.1, 0.15) is 0 Å². The van der Waals surface area contributed by atoms with Gasteiger partial charge in [0, 0.05) is 31.2 Å². The van der Waals surface area contributed by atoms with Crippen molar-refractivity contribution in [1.82, 2.24) is 0 Å². The van der Waals surface area contributed by atoms with Crippen LogP contribution in [0.3, 0.4) is 0 Å². The zero-order chi connectivity index (χ0) is 9.26. The molecule has 0 bridgehead atoms. The van der Waals surface area contributed by atoms with Gasteiger partial charge in [-0.2, -0.15) is 0 Å². The normalized spacial score (nSPS) is 27.8. The quantitative estimate of drug-likeness (QED) is 0.611. The molecular weight excluding hydrogens is 166 g/mol. The smallest absolute Gasteiger partial charge is 0.164 e. The molecule has 0 aromatic rings. The Bertz CT molecular complexity index is 291. The molecule has 0 amide bonds. The number of nitrogens with zero attached hydrogens (tertiary/aromatic N) is 1. The average molecular weight is 179 g/mol. The summed E-state index contributed by atoms with van der Waals surface area (Å²) < 4.78 is 5.13. The molecule has 13 heavy (non-hydrogen) atoms. The van der Waals surface area contributed by atoms with Crippen LogP contribution in [0.1, 0.15) is 25.7 Å². The Kier molecular flexibility index (Phi) is 2.27. The lowest BCUT2D eigenvalue weighted by atomic mass is 9.89. The number of dihydropyridines is 1. The molecule has 1 heterocycles. The number of Topliss-reactive ketones (excluding diaryl/α,β-unsaturated/α-hetero) is 1. The summed E-state index contributed by atoms with van der Waals surface area (Å²) in [5.41, 5.74) is 1.80. The van der Waals surface area contributed by atoms with Crippen LogP contribution in [-0.4, -0.2) is 24.8 Å². The maximum Gasteiger partial charge on any atom is 0.164 e. The van der Waals surface area contributed by atoms with Crippen molar-refractivity contribution in [1.29, 1.82) is 0 Å². The third-order valence-electron chi connectivity index (χ3n) is 2.52. The number of aliphatic imine (C=N–C) groups is 1. The molecule has 2 aliphatic rings. The lowest BCUT2D eigenvalue weighted by Crippen LogP contribution is -2.25.